The molecule has 1 aliphatic heterocycles. The minimum absolute atomic E-state index is 0.128. The van der Waals surface area contributed by atoms with Crippen LogP contribution in [0.1, 0.15) is 20.3 Å². The Balaban J connectivity index is 2.71. The van der Waals surface area contributed by atoms with Crippen molar-refractivity contribution in [1.29, 1.82) is 0 Å². The molecule has 0 saturated carbocycles. The molecule has 5 nitrogen and oxygen atoms in total. The molecule has 0 aromatic carbocycles. The normalized spacial score (nSPS) is 29.9. The van der Waals surface area contributed by atoms with Gasteiger partial charge in [-0.1, -0.05) is 0 Å². The molecule has 0 amide bonds. The summed E-state index contributed by atoms with van der Waals surface area (Å²) in [4.78, 5) is 21.6. The molecule has 0 bridgehead atoms. The second kappa shape index (κ2) is 4.06. The van der Waals surface area contributed by atoms with Crippen LogP contribution in [-0.2, 0) is 23.8 Å². The van der Waals surface area contributed by atoms with Crippen molar-refractivity contribution in [2.45, 2.75) is 38.3 Å². The van der Waals surface area contributed by atoms with E-state index in [2.05, 4.69) is 4.74 Å². The van der Waals surface area contributed by atoms with E-state index < -0.39 is 24.0 Å². The predicted molar refractivity (Wildman–Crippen MR) is 46.5 cm³/mol. The van der Waals surface area contributed by atoms with Crippen LogP contribution < -0.4 is 0 Å². The predicted octanol–water partition coefficient (Wildman–Crippen LogP) is 0.268. The average molecular weight is 202 g/mol. The number of methoxy groups -OCH3 is 1. The highest BCUT2D eigenvalue weighted by Gasteiger charge is 2.45. The number of carbonyl (C=O) groups excluding carboxylic acids is 2. The lowest BCUT2D eigenvalue weighted by Crippen LogP contribution is -2.32. The molecular weight excluding hydrogens is 188 g/mol. The van der Waals surface area contributed by atoms with Gasteiger partial charge in [0.1, 0.15) is 12.4 Å². The van der Waals surface area contributed by atoms with E-state index in [4.69, 9.17) is 9.47 Å². The summed E-state index contributed by atoms with van der Waals surface area (Å²) in [5.41, 5.74) is 0. The number of hydrogen-bond donors (Lipinski definition) is 0. The van der Waals surface area contributed by atoms with Crippen molar-refractivity contribution >= 4 is 12.3 Å². The highest BCUT2D eigenvalue weighted by atomic mass is 16.8. The van der Waals surface area contributed by atoms with E-state index in [9.17, 15) is 9.59 Å². The Morgan fingerprint density at radius 3 is 2.64 bits per heavy atom. The molecular formula is C9H14O5. The highest BCUT2D eigenvalue weighted by Crippen LogP contribution is 2.29. The third kappa shape index (κ3) is 2.30. The first-order chi connectivity index (χ1) is 6.50. The molecule has 1 saturated heterocycles. The molecule has 0 spiro atoms. The van der Waals surface area contributed by atoms with Gasteiger partial charge in [0, 0.05) is 6.42 Å². The van der Waals surface area contributed by atoms with E-state index in [1.165, 1.54) is 7.11 Å². The van der Waals surface area contributed by atoms with Crippen LogP contribution >= 0.6 is 0 Å². The van der Waals surface area contributed by atoms with Gasteiger partial charge in [0.25, 0.3) is 0 Å². The van der Waals surface area contributed by atoms with E-state index >= 15 is 0 Å². The number of ether oxygens (including phenoxy) is 3. The quantitative estimate of drug-likeness (QED) is 0.485. The van der Waals surface area contributed by atoms with Crippen molar-refractivity contribution in [3.8, 4) is 0 Å². The fourth-order valence-corrected chi connectivity index (χ4v) is 1.42. The molecule has 1 heterocycles. The fraction of sp³-hybridized carbons (Fsp3) is 0.778. The first kappa shape index (κ1) is 11.1. The Labute approximate surface area is 82.3 Å². The standard InChI is InChI=1S/C9H14O5/c1-9(2)13-6(4-5-10)7(14-9)8(11)12-3/h5-7H,4H2,1-3H3/t6-,7-/m0/s1. The number of esters is 1. The maximum Gasteiger partial charge on any atom is 0.337 e. The molecule has 0 aromatic heterocycles. The molecule has 5 heteroatoms. The summed E-state index contributed by atoms with van der Waals surface area (Å²) in [6, 6.07) is 0. The molecule has 80 valence electrons. The van der Waals surface area contributed by atoms with E-state index in [-0.39, 0.29) is 6.42 Å². The molecule has 14 heavy (non-hydrogen) atoms. The SMILES string of the molecule is COC(=O)[C@H]1OC(C)(C)O[C@H]1CC=O. The summed E-state index contributed by atoms with van der Waals surface area (Å²) in [7, 11) is 1.27. The second-order valence-corrected chi connectivity index (χ2v) is 3.52. The molecule has 0 aromatic rings. The van der Waals surface area contributed by atoms with Gasteiger partial charge in [-0.05, 0) is 13.8 Å². The molecule has 0 unspecified atom stereocenters. The van der Waals surface area contributed by atoms with Gasteiger partial charge in [0.2, 0.25) is 0 Å². The summed E-state index contributed by atoms with van der Waals surface area (Å²) in [5.74, 6) is -1.35. The molecule has 1 aliphatic rings. The lowest BCUT2D eigenvalue weighted by atomic mass is 10.1. The molecule has 0 aliphatic carbocycles. The zero-order valence-corrected chi connectivity index (χ0v) is 8.48. The largest absolute Gasteiger partial charge is 0.467 e. The van der Waals surface area contributed by atoms with Crippen LogP contribution in [0.25, 0.3) is 0 Å². The Morgan fingerprint density at radius 2 is 2.14 bits per heavy atom. The van der Waals surface area contributed by atoms with Gasteiger partial charge in [-0.25, -0.2) is 4.79 Å². The Hall–Kier alpha value is -0.940. The summed E-state index contributed by atoms with van der Waals surface area (Å²) < 4.78 is 15.2. The van der Waals surface area contributed by atoms with Gasteiger partial charge >= 0.3 is 5.97 Å². The van der Waals surface area contributed by atoms with Crippen LogP contribution in [0.2, 0.25) is 0 Å². The Morgan fingerprint density at radius 1 is 1.50 bits per heavy atom. The molecule has 2 atom stereocenters. The Kier molecular flexibility index (Phi) is 3.23. The van der Waals surface area contributed by atoms with Crippen LogP contribution in [0.4, 0.5) is 0 Å². The van der Waals surface area contributed by atoms with Crippen LogP contribution in [0, 0.1) is 0 Å². The highest BCUT2D eigenvalue weighted by molar-refractivity contribution is 5.76. The zero-order chi connectivity index (χ0) is 10.8. The summed E-state index contributed by atoms with van der Waals surface area (Å²) in [5, 5.41) is 0. The minimum atomic E-state index is -0.841. The number of hydrogen-bond acceptors (Lipinski definition) is 5. The van der Waals surface area contributed by atoms with Crippen molar-refractivity contribution in [3.05, 3.63) is 0 Å². The Bertz CT molecular complexity index is 235. The van der Waals surface area contributed by atoms with Gasteiger partial charge < -0.3 is 19.0 Å². The van der Waals surface area contributed by atoms with Crippen LogP contribution in [0.3, 0.4) is 0 Å². The van der Waals surface area contributed by atoms with Crippen molar-refractivity contribution in [2.24, 2.45) is 0 Å². The number of rotatable bonds is 3. The second-order valence-electron chi connectivity index (χ2n) is 3.52. The average Bonchev–Trinajstić information content (AvgIpc) is 2.41. The maximum absolute atomic E-state index is 11.2. The first-order valence-corrected chi connectivity index (χ1v) is 4.37. The van der Waals surface area contributed by atoms with Crippen LogP contribution in [-0.4, -0.2) is 37.4 Å². The third-order valence-electron chi connectivity index (χ3n) is 1.95. The van der Waals surface area contributed by atoms with Crippen molar-refractivity contribution < 1.29 is 23.8 Å². The summed E-state index contributed by atoms with van der Waals surface area (Å²) in [6.45, 7) is 3.38. The summed E-state index contributed by atoms with van der Waals surface area (Å²) in [6.07, 6.45) is -0.524. The lowest BCUT2D eigenvalue weighted by molar-refractivity contribution is -0.168. The first-order valence-electron chi connectivity index (χ1n) is 4.37. The minimum Gasteiger partial charge on any atom is -0.467 e. The monoisotopic (exact) mass is 202 g/mol. The van der Waals surface area contributed by atoms with Crippen molar-refractivity contribution in [2.75, 3.05) is 7.11 Å². The van der Waals surface area contributed by atoms with Crippen molar-refractivity contribution in [1.82, 2.24) is 0 Å². The topological polar surface area (TPSA) is 61.8 Å². The van der Waals surface area contributed by atoms with Crippen molar-refractivity contribution in [3.63, 3.8) is 0 Å². The maximum atomic E-state index is 11.2. The molecule has 1 fully saturated rings. The number of aldehydes is 1. The third-order valence-corrected chi connectivity index (χ3v) is 1.95. The van der Waals surface area contributed by atoms with Gasteiger partial charge in [-0.15, -0.1) is 0 Å². The number of carbonyl (C=O) groups is 2. The van der Waals surface area contributed by atoms with E-state index in [1.54, 1.807) is 13.8 Å². The van der Waals surface area contributed by atoms with Gasteiger partial charge in [0.05, 0.1) is 7.11 Å². The summed E-state index contributed by atoms with van der Waals surface area (Å²) >= 11 is 0. The fourth-order valence-electron chi connectivity index (χ4n) is 1.42. The van der Waals surface area contributed by atoms with Crippen LogP contribution in [0.15, 0.2) is 0 Å². The van der Waals surface area contributed by atoms with Crippen LogP contribution in [0.5, 0.6) is 0 Å². The van der Waals surface area contributed by atoms with Gasteiger partial charge in [-0.3, -0.25) is 0 Å². The molecule has 0 radical (unpaired) electrons. The van der Waals surface area contributed by atoms with Gasteiger partial charge in [-0.2, -0.15) is 0 Å². The van der Waals surface area contributed by atoms with E-state index in [0.717, 1.165) is 0 Å². The smallest absolute Gasteiger partial charge is 0.337 e. The van der Waals surface area contributed by atoms with E-state index in [0.29, 0.717) is 6.29 Å². The van der Waals surface area contributed by atoms with E-state index in [1.807, 2.05) is 0 Å². The molecule has 0 N–H and O–H groups in total. The molecule has 1 rings (SSSR count). The van der Waals surface area contributed by atoms with Gasteiger partial charge in [0.15, 0.2) is 11.9 Å². The zero-order valence-electron chi connectivity index (χ0n) is 8.48. The lowest BCUT2D eigenvalue weighted by Gasteiger charge is -2.15.